The third kappa shape index (κ3) is 4.30. The van der Waals surface area contributed by atoms with E-state index in [1.165, 1.54) is 6.20 Å². The summed E-state index contributed by atoms with van der Waals surface area (Å²) in [5, 5.41) is 5.60. The standard InChI is InChI=1S/C19H14BrN3O2/c20-17-9-2-1-8-16(17)19(25)23-15-7-3-6-14(11-15)22-18(24)13-5-4-10-21-12-13/h1-12H,(H,22,24)(H,23,25). The molecule has 0 fully saturated rings. The number of carbonyl (C=O) groups is 2. The Balaban J connectivity index is 1.72. The highest BCUT2D eigenvalue weighted by Crippen LogP contribution is 2.20. The maximum atomic E-state index is 12.4. The largest absolute Gasteiger partial charge is 0.322 e. The first-order valence-electron chi connectivity index (χ1n) is 7.51. The smallest absolute Gasteiger partial charge is 0.257 e. The number of carbonyl (C=O) groups excluding carboxylic acids is 2. The fraction of sp³-hybridized carbons (Fsp3) is 0. The van der Waals surface area contributed by atoms with Crippen molar-refractivity contribution >= 4 is 39.1 Å². The van der Waals surface area contributed by atoms with Crippen molar-refractivity contribution in [1.82, 2.24) is 4.98 Å². The fourth-order valence-electron chi connectivity index (χ4n) is 2.22. The summed E-state index contributed by atoms with van der Waals surface area (Å²) >= 11 is 3.36. The lowest BCUT2D eigenvalue weighted by atomic mass is 10.2. The second kappa shape index (κ2) is 7.72. The zero-order valence-electron chi connectivity index (χ0n) is 13.1. The lowest BCUT2D eigenvalue weighted by Crippen LogP contribution is -2.14. The molecular formula is C19H14BrN3O2. The van der Waals surface area contributed by atoms with E-state index in [1.54, 1.807) is 60.8 Å². The Morgan fingerprint density at radius 3 is 2.24 bits per heavy atom. The van der Waals surface area contributed by atoms with Crippen molar-refractivity contribution < 1.29 is 9.59 Å². The Labute approximate surface area is 153 Å². The van der Waals surface area contributed by atoms with E-state index < -0.39 is 0 Å². The van der Waals surface area contributed by atoms with Gasteiger partial charge in [-0.3, -0.25) is 14.6 Å². The molecule has 0 radical (unpaired) electrons. The fourth-order valence-corrected chi connectivity index (χ4v) is 2.68. The minimum atomic E-state index is -0.262. The van der Waals surface area contributed by atoms with Crippen LogP contribution in [0.2, 0.25) is 0 Å². The van der Waals surface area contributed by atoms with Gasteiger partial charge < -0.3 is 10.6 Å². The number of pyridine rings is 1. The first-order chi connectivity index (χ1) is 12.1. The van der Waals surface area contributed by atoms with Gasteiger partial charge in [0, 0.05) is 28.2 Å². The van der Waals surface area contributed by atoms with E-state index >= 15 is 0 Å². The normalized spacial score (nSPS) is 10.1. The number of amides is 2. The van der Waals surface area contributed by atoms with Gasteiger partial charge in [0.2, 0.25) is 0 Å². The molecule has 0 atom stereocenters. The first-order valence-corrected chi connectivity index (χ1v) is 8.30. The van der Waals surface area contributed by atoms with E-state index in [9.17, 15) is 9.59 Å². The molecule has 0 aliphatic rings. The highest BCUT2D eigenvalue weighted by atomic mass is 79.9. The predicted molar refractivity (Wildman–Crippen MR) is 101 cm³/mol. The molecule has 2 amide bonds. The van der Waals surface area contributed by atoms with Crippen LogP contribution >= 0.6 is 15.9 Å². The molecule has 124 valence electrons. The Hall–Kier alpha value is -2.99. The van der Waals surface area contributed by atoms with Gasteiger partial charge in [0.05, 0.1) is 11.1 Å². The molecule has 3 rings (SSSR count). The minimum Gasteiger partial charge on any atom is -0.322 e. The number of hydrogen-bond acceptors (Lipinski definition) is 3. The Bertz CT molecular complexity index is 913. The van der Waals surface area contributed by atoms with Gasteiger partial charge in [0.15, 0.2) is 0 Å². The molecule has 5 nitrogen and oxygen atoms in total. The molecule has 2 aromatic carbocycles. The lowest BCUT2D eigenvalue weighted by Gasteiger charge is -2.09. The summed E-state index contributed by atoms with van der Waals surface area (Å²) in [6, 6.07) is 17.5. The predicted octanol–water partition coefficient (Wildman–Crippen LogP) is 4.35. The molecular weight excluding hydrogens is 382 g/mol. The van der Waals surface area contributed by atoms with Crippen LogP contribution in [0, 0.1) is 0 Å². The van der Waals surface area contributed by atoms with Gasteiger partial charge in [-0.25, -0.2) is 0 Å². The van der Waals surface area contributed by atoms with E-state index in [0.717, 1.165) is 0 Å². The van der Waals surface area contributed by atoms with Gasteiger partial charge in [-0.05, 0) is 58.4 Å². The van der Waals surface area contributed by atoms with Crippen molar-refractivity contribution in [2.24, 2.45) is 0 Å². The SMILES string of the molecule is O=C(Nc1cccc(NC(=O)c2ccccc2Br)c1)c1cccnc1. The first kappa shape index (κ1) is 16.9. The molecule has 0 saturated heterocycles. The molecule has 25 heavy (non-hydrogen) atoms. The van der Waals surface area contributed by atoms with Crippen LogP contribution in [0.3, 0.4) is 0 Å². The van der Waals surface area contributed by atoms with Crippen LogP contribution in [0.25, 0.3) is 0 Å². The summed E-state index contributed by atoms with van der Waals surface area (Å²) < 4.78 is 0.716. The van der Waals surface area contributed by atoms with Crippen LogP contribution in [-0.4, -0.2) is 16.8 Å². The second-order valence-electron chi connectivity index (χ2n) is 5.21. The minimum absolute atomic E-state index is 0.233. The number of hydrogen-bond donors (Lipinski definition) is 2. The summed E-state index contributed by atoms with van der Waals surface area (Å²) in [5.74, 6) is -0.495. The van der Waals surface area contributed by atoms with Crippen molar-refractivity contribution in [3.8, 4) is 0 Å². The monoisotopic (exact) mass is 395 g/mol. The number of nitrogens with one attached hydrogen (secondary N) is 2. The van der Waals surface area contributed by atoms with Crippen molar-refractivity contribution in [3.63, 3.8) is 0 Å². The molecule has 0 saturated carbocycles. The molecule has 0 bridgehead atoms. The van der Waals surface area contributed by atoms with E-state index in [4.69, 9.17) is 0 Å². The molecule has 0 spiro atoms. The number of halogens is 1. The molecule has 0 unspecified atom stereocenters. The van der Waals surface area contributed by atoms with Gasteiger partial charge in [-0.2, -0.15) is 0 Å². The Morgan fingerprint density at radius 2 is 1.56 bits per heavy atom. The Kier molecular flexibility index (Phi) is 5.20. The van der Waals surface area contributed by atoms with Crippen molar-refractivity contribution in [1.29, 1.82) is 0 Å². The Morgan fingerprint density at radius 1 is 0.840 bits per heavy atom. The van der Waals surface area contributed by atoms with Crippen LogP contribution in [0.4, 0.5) is 11.4 Å². The average molecular weight is 396 g/mol. The summed E-state index contributed by atoms with van der Waals surface area (Å²) in [7, 11) is 0. The quantitative estimate of drug-likeness (QED) is 0.689. The van der Waals surface area contributed by atoms with Crippen LogP contribution in [0.15, 0.2) is 77.5 Å². The maximum absolute atomic E-state index is 12.4. The summed E-state index contributed by atoms with van der Waals surface area (Å²) in [5.41, 5.74) is 2.17. The third-order valence-electron chi connectivity index (χ3n) is 3.42. The molecule has 1 heterocycles. The average Bonchev–Trinajstić information content (AvgIpc) is 2.63. The van der Waals surface area contributed by atoms with Crippen LogP contribution in [0.5, 0.6) is 0 Å². The summed E-state index contributed by atoms with van der Waals surface area (Å²) in [6.07, 6.45) is 3.10. The van der Waals surface area contributed by atoms with Gasteiger partial charge in [-0.15, -0.1) is 0 Å². The van der Waals surface area contributed by atoms with Gasteiger partial charge in [0.1, 0.15) is 0 Å². The third-order valence-corrected chi connectivity index (χ3v) is 4.11. The molecule has 6 heteroatoms. The summed E-state index contributed by atoms with van der Waals surface area (Å²) in [6.45, 7) is 0. The summed E-state index contributed by atoms with van der Waals surface area (Å²) in [4.78, 5) is 28.4. The van der Waals surface area contributed by atoms with Crippen LogP contribution in [-0.2, 0) is 0 Å². The van der Waals surface area contributed by atoms with Gasteiger partial charge >= 0.3 is 0 Å². The highest BCUT2D eigenvalue weighted by Gasteiger charge is 2.10. The second-order valence-corrected chi connectivity index (χ2v) is 6.06. The number of anilines is 2. The van der Waals surface area contributed by atoms with Crippen molar-refractivity contribution in [2.45, 2.75) is 0 Å². The van der Waals surface area contributed by atoms with Crippen molar-refractivity contribution in [3.05, 3.63) is 88.7 Å². The van der Waals surface area contributed by atoms with Crippen LogP contribution in [0.1, 0.15) is 20.7 Å². The number of aromatic nitrogens is 1. The molecule has 0 aliphatic carbocycles. The highest BCUT2D eigenvalue weighted by molar-refractivity contribution is 9.10. The topological polar surface area (TPSA) is 71.1 Å². The van der Waals surface area contributed by atoms with E-state index in [1.807, 2.05) is 6.07 Å². The molecule has 3 aromatic rings. The van der Waals surface area contributed by atoms with Gasteiger partial charge in [-0.1, -0.05) is 18.2 Å². The van der Waals surface area contributed by atoms with Crippen molar-refractivity contribution in [2.75, 3.05) is 10.6 Å². The number of nitrogens with zero attached hydrogens (tertiary/aromatic N) is 1. The zero-order chi connectivity index (χ0) is 17.6. The zero-order valence-corrected chi connectivity index (χ0v) is 14.7. The van der Waals surface area contributed by atoms with E-state index in [2.05, 4.69) is 31.5 Å². The van der Waals surface area contributed by atoms with E-state index in [0.29, 0.717) is 27.0 Å². The number of benzene rings is 2. The van der Waals surface area contributed by atoms with Crippen LogP contribution < -0.4 is 10.6 Å². The van der Waals surface area contributed by atoms with Gasteiger partial charge in [0.25, 0.3) is 11.8 Å². The molecule has 0 aliphatic heterocycles. The molecule has 2 N–H and O–H groups in total. The lowest BCUT2D eigenvalue weighted by molar-refractivity contribution is 0.101. The molecule has 1 aromatic heterocycles. The number of rotatable bonds is 4. The maximum Gasteiger partial charge on any atom is 0.257 e. The van der Waals surface area contributed by atoms with E-state index in [-0.39, 0.29) is 11.8 Å².